The fourth-order valence-corrected chi connectivity index (χ4v) is 6.15. The number of nitrogens with one attached hydrogen (secondary N) is 2. The predicted molar refractivity (Wildman–Crippen MR) is 164 cm³/mol. The average molecular weight is 560 g/mol. The Kier molecular flexibility index (Phi) is 7.40. The Bertz CT molecular complexity index is 1450. The number of anilines is 2. The minimum Gasteiger partial charge on any atom is -0.365 e. The molecule has 1 fully saturated rings. The van der Waals surface area contributed by atoms with Crippen LogP contribution in [0.3, 0.4) is 0 Å². The number of benzene rings is 2. The molecule has 0 aliphatic carbocycles. The molecule has 1 amide bonds. The lowest BCUT2D eigenvalue weighted by Crippen LogP contribution is -2.42. The summed E-state index contributed by atoms with van der Waals surface area (Å²) in [5.41, 5.74) is 7.00. The maximum Gasteiger partial charge on any atom is 0.226 e. The molecule has 2 aliphatic heterocycles. The number of aryl methyl sites for hydroxylation is 1. The molecule has 2 unspecified atom stereocenters. The molecule has 2 aromatic carbocycles. The molecule has 1 aromatic heterocycles. The molecular formula is C31H34ClN5OS. The second kappa shape index (κ2) is 10.6. The van der Waals surface area contributed by atoms with E-state index in [-0.39, 0.29) is 30.0 Å². The SMILES string of the molecule is CC1=CC(C)(C)N(C)c2cc(Cl)c(C3C(c4ccccn4)NC(=S)N3CCC(=O)Nc3ccccc3C)cc21. The molecule has 0 spiro atoms. The van der Waals surface area contributed by atoms with Gasteiger partial charge in [0.2, 0.25) is 5.91 Å². The van der Waals surface area contributed by atoms with Crippen molar-refractivity contribution in [3.05, 3.63) is 94.3 Å². The Hall–Kier alpha value is -3.42. The molecule has 3 aromatic rings. The van der Waals surface area contributed by atoms with Crippen LogP contribution in [0.4, 0.5) is 11.4 Å². The van der Waals surface area contributed by atoms with Crippen molar-refractivity contribution in [1.29, 1.82) is 0 Å². The first-order valence-electron chi connectivity index (χ1n) is 13.2. The molecule has 0 bridgehead atoms. The van der Waals surface area contributed by atoms with Crippen LogP contribution in [0.5, 0.6) is 0 Å². The lowest BCUT2D eigenvalue weighted by molar-refractivity contribution is -0.116. The number of carbonyl (C=O) groups is 1. The number of thiocarbonyl (C=S) groups is 1. The van der Waals surface area contributed by atoms with Gasteiger partial charge in [0.15, 0.2) is 5.11 Å². The fourth-order valence-electron chi connectivity index (χ4n) is 5.55. The molecule has 5 rings (SSSR count). The van der Waals surface area contributed by atoms with Gasteiger partial charge in [0.1, 0.15) is 0 Å². The molecule has 3 heterocycles. The normalized spacial score (nSPS) is 19.8. The highest BCUT2D eigenvalue weighted by atomic mass is 35.5. The molecule has 0 saturated carbocycles. The van der Waals surface area contributed by atoms with Crippen LogP contribution in [0.25, 0.3) is 5.57 Å². The molecule has 8 heteroatoms. The maximum atomic E-state index is 13.0. The first-order chi connectivity index (χ1) is 18.6. The van der Waals surface area contributed by atoms with E-state index in [0.29, 0.717) is 16.7 Å². The van der Waals surface area contributed by atoms with E-state index in [4.69, 9.17) is 23.8 Å². The second-order valence-corrected chi connectivity index (χ2v) is 11.7. The van der Waals surface area contributed by atoms with Gasteiger partial charge in [-0.2, -0.15) is 0 Å². The van der Waals surface area contributed by atoms with Gasteiger partial charge in [-0.25, -0.2) is 0 Å². The summed E-state index contributed by atoms with van der Waals surface area (Å²) in [4.78, 5) is 21.9. The standard InChI is InChI=1S/C31H34ClN5OS/c1-19-10-6-7-11-24(19)34-27(38)13-15-37-29(28(35-30(37)39)25-12-8-9-14-33-25)22-16-21-20(2)18-31(3,4)36(5)26(21)17-23(22)32/h6-12,14,16-18,28-29H,13,15H2,1-5H3,(H,34,38)(H,35,39). The number of fused-ring (bicyclic) bond motifs is 1. The zero-order chi connectivity index (χ0) is 27.9. The van der Waals surface area contributed by atoms with Gasteiger partial charge >= 0.3 is 0 Å². The highest BCUT2D eigenvalue weighted by Gasteiger charge is 2.41. The van der Waals surface area contributed by atoms with E-state index >= 15 is 0 Å². The molecule has 0 radical (unpaired) electrons. The minimum atomic E-state index is -0.232. The van der Waals surface area contributed by atoms with Crippen molar-refractivity contribution in [2.24, 2.45) is 0 Å². The fraction of sp³-hybridized carbons (Fsp3) is 0.323. The van der Waals surface area contributed by atoms with Crippen LogP contribution in [0, 0.1) is 6.92 Å². The lowest BCUT2D eigenvalue weighted by Gasteiger charge is -2.41. The second-order valence-electron chi connectivity index (χ2n) is 10.9. The number of likely N-dealkylation sites (N-methyl/N-ethyl adjacent to an activating group) is 1. The molecule has 202 valence electrons. The predicted octanol–water partition coefficient (Wildman–Crippen LogP) is 6.68. The van der Waals surface area contributed by atoms with Crippen LogP contribution in [0.2, 0.25) is 5.02 Å². The van der Waals surface area contributed by atoms with Crippen LogP contribution in [-0.2, 0) is 4.79 Å². The topological polar surface area (TPSA) is 60.5 Å². The van der Waals surface area contributed by atoms with Gasteiger partial charge in [-0.15, -0.1) is 0 Å². The van der Waals surface area contributed by atoms with Gasteiger partial charge in [-0.3, -0.25) is 9.78 Å². The van der Waals surface area contributed by atoms with E-state index in [9.17, 15) is 4.79 Å². The van der Waals surface area contributed by atoms with E-state index in [1.165, 1.54) is 5.57 Å². The Labute approximate surface area is 241 Å². The van der Waals surface area contributed by atoms with Crippen LogP contribution >= 0.6 is 23.8 Å². The Balaban J connectivity index is 1.50. The largest absolute Gasteiger partial charge is 0.365 e. The number of allylic oxidation sites excluding steroid dienone is 1. The van der Waals surface area contributed by atoms with E-state index in [1.807, 2.05) is 49.4 Å². The first-order valence-corrected chi connectivity index (χ1v) is 14.0. The van der Waals surface area contributed by atoms with Crippen LogP contribution in [0.1, 0.15) is 61.7 Å². The first kappa shape index (κ1) is 27.2. The van der Waals surface area contributed by atoms with Gasteiger partial charge in [0, 0.05) is 48.2 Å². The third kappa shape index (κ3) is 5.25. The summed E-state index contributed by atoms with van der Waals surface area (Å²) in [5.74, 6) is -0.0636. The van der Waals surface area contributed by atoms with Crippen molar-refractivity contribution in [2.45, 2.75) is 51.7 Å². The zero-order valence-corrected chi connectivity index (χ0v) is 24.5. The van der Waals surface area contributed by atoms with Crippen LogP contribution in [-0.4, -0.2) is 40.0 Å². The van der Waals surface area contributed by atoms with Gasteiger partial charge in [0.25, 0.3) is 0 Å². The number of amides is 1. The zero-order valence-electron chi connectivity index (χ0n) is 23.0. The molecular weight excluding hydrogens is 526 g/mol. The quantitative estimate of drug-likeness (QED) is 0.329. The van der Waals surface area contributed by atoms with Crippen molar-refractivity contribution < 1.29 is 4.79 Å². The Morgan fingerprint density at radius 2 is 1.90 bits per heavy atom. The number of nitrogens with zero attached hydrogens (tertiary/aromatic N) is 3. The van der Waals surface area contributed by atoms with Crippen molar-refractivity contribution in [2.75, 3.05) is 23.8 Å². The monoisotopic (exact) mass is 559 g/mol. The summed E-state index contributed by atoms with van der Waals surface area (Å²) in [7, 11) is 2.10. The number of rotatable bonds is 6. The van der Waals surface area contributed by atoms with Gasteiger partial charge in [-0.05, 0) is 86.9 Å². The highest BCUT2D eigenvalue weighted by molar-refractivity contribution is 7.80. The summed E-state index contributed by atoms with van der Waals surface area (Å²) in [5, 5.41) is 7.75. The number of carbonyl (C=O) groups excluding carboxylic acids is 1. The minimum absolute atomic E-state index is 0.0636. The molecule has 1 saturated heterocycles. The van der Waals surface area contributed by atoms with Crippen LogP contribution in [0.15, 0.2) is 66.9 Å². The average Bonchev–Trinajstić information content (AvgIpc) is 3.23. The van der Waals surface area contributed by atoms with Crippen molar-refractivity contribution in [3.8, 4) is 0 Å². The van der Waals surface area contributed by atoms with E-state index < -0.39 is 0 Å². The summed E-state index contributed by atoms with van der Waals surface area (Å²) < 4.78 is 0. The van der Waals surface area contributed by atoms with E-state index in [1.54, 1.807) is 6.20 Å². The molecule has 2 N–H and O–H groups in total. The summed E-state index contributed by atoms with van der Waals surface area (Å²) in [6.45, 7) is 8.96. The summed E-state index contributed by atoms with van der Waals surface area (Å²) >= 11 is 12.9. The number of hydrogen-bond donors (Lipinski definition) is 2. The summed E-state index contributed by atoms with van der Waals surface area (Å²) in [6.07, 6.45) is 4.35. The molecule has 6 nitrogen and oxygen atoms in total. The third-order valence-corrected chi connectivity index (χ3v) is 8.53. The number of para-hydroxylation sites is 1. The summed E-state index contributed by atoms with van der Waals surface area (Å²) in [6, 6.07) is 17.4. The molecule has 2 atom stereocenters. The number of pyridine rings is 1. The van der Waals surface area contributed by atoms with E-state index in [0.717, 1.165) is 33.8 Å². The number of aromatic nitrogens is 1. The van der Waals surface area contributed by atoms with Gasteiger partial charge < -0.3 is 20.4 Å². The van der Waals surface area contributed by atoms with Crippen LogP contribution < -0.4 is 15.5 Å². The molecule has 2 aliphatic rings. The van der Waals surface area contributed by atoms with Gasteiger partial charge in [-0.1, -0.05) is 41.9 Å². The highest BCUT2D eigenvalue weighted by Crippen LogP contribution is 2.46. The maximum absolute atomic E-state index is 13.0. The van der Waals surface area contributed by atoms with Gasteiger partial charge in [0.05, 0.1) is 23.3 Å². The van der Waals surface area contributed by atoms with Crippen molar-refractivity contribution in [3.63, 3.8) is 0 Å². The molecule has 39 heavy (non-hydrogen) atoms. The number of hydrogen-bond acceptors (Lipinski definition) is 4. The smallest absolute Gasteiger partial charge is 0.226 e. The Morgan fingerprint density at radius 3 is 2.62 bits per heavy atom. The van der Waals surface area contributed by atoms with Crippen molar-refractivity contribution in [1.82, 2.24) is 15.2 Å². The van der Waals surface area contributed by atoms with Crippen molar-refractivity contribution >= 4 is 51.8 Å². The Morgan fingerprint density at radius 1 is 1.15 bits per heavy atom. The number of halogens is 1. The lowest BCUT2D eigenvalue weighted by atomic mass is 9.86. The third-order valence-electron chi connectivity index (χ3n) is 7.85. The van der Waals surface area contributed by atoms with E-state index in [2.05, 4.69) is 71.4 Å².